The van der Waals surface area contributed by atoms with Crippen LogP contribution in [-0.2, 0) is 29.7 Å². The quantitative estimate of drug-likeness (QED) is 0.488. The molecule has 0 atom stereocenters. The second-order valence-electron chi connectivity index (χ2n) is 6.96. The van der Waals surface area contributed by atoms with E-state index >= 15 is 0 Å². The molecule has 9 heteroatoms. The van der Waals surface area contributed by atoms with Gasteiger partial charge in [0.15, 0.2) is 5.03 Å². The standard InChI is InChI=1S/C22H27N3O5S/c1-29-20-8-4-18(5-9-20)16-25(17-19-6-10-21(30-2)11-7-19)31(27,28)22-12-14-24(23-22)13-3-15-26/h4-12,14,26H,3,13,15-17H2,1-2H3. The zero-order chi connectivity index (χ0) is 22.3. The fourth-order valence-corrected chi connectivity index (χ4v) is 4.41. The summed E-state index contributed by atoms with van der Waals surface area (Å²) in [6.45, 7) is 0.829. The number of aliphatic hydroxyl groups is 1. The van der Waals surface area contributed by atoms with Gasteiger partial charge in [0.05, 0.1) is 14.2 Å². The molecule has 166 valence electrons. The number of sulfonamides is 1. The van der Waals surface area contributed by atoms with E-state index in [9.17, 15) is 8.42 Å². The number of hydrogen-bond donors (Lipinski definition) is 1. The van der Waals surface area contributed by atoms with Gasteiger partial charge in [-0.25, -0.2) is 8.42 Å². The molecule has 8 nitrogen and oxygen atoms in total. The molecule has 0 bridgehead atoms. The first kappa shape index (κ1) is 22.8. The summed E-state index contributed by atoms with van der Waals surface area (Å²) in [4.78, 5) is 0. The van der Waals surface area contributed by atoms with Crippen LogP contribution in [0.1, 0.15) is 17.5 Å². The molecule has 2 aromatic carbocycles. The Kier molecular flexibility index (Phi) is 7.67. The second-order valence-corrected chi connectivity index (χ2v) is 8.85. The lowest BCUT2D eigenvalue weighted by Gasteiger charge is -2.21. The zero-order valence-corrected chi connectivity index (χ0v) is 18.5. The molecule has 31 heavy (non-hydrogen) atoms. The van der Waals surface area contributed by atoms with E-state index in [2.05, 4.69) is 5.10 Å². The van der Waals surface area contributed by atoms with E-state index in [0.29, 0.717) is 24.5 Å². The maximum absolute atomic E-state index is 13.4. The van der Waals surface area contributed by atoms with Crippen LogP contribution in [0.25, 0.3) is 0 Å². The zero-order valence-electron chi connectivity index (χ0n) is 17.6. The number of methoxy groups -OCH3 is 2. The Hall–Kier alpha value is -2.88. The highest BCUT2D eigenvalue weighted by Gasteiger charge is 2.27. The molecule has 0 fully saturated rings. The van der Waals surface area contributed by atoms with Crippen molar-refractivity contribution in [1.82, 2.24) is 14.1 Å². The summed E-state index contributed by atoms with van der Waals surface area (Å²) in [7, 11) is -0.685. The number of rotatable bonds is 11. The van der Waals surface area contributed by atoms with Gasteiger partial charge in [-0.15, -0.1) is 0 Å². The number of hydrogen-bond acceptors (Lipinski definition) is 6. The molecular formula is C22H27N3O5S. The molecule has 0 aliphatic carbocycles. The summed E-state index contributed by atoms with van der Waals surface area (Å²) in [5.74, 6) is 1.41. The van der Waals surface area contributed by atoms with Gasteiger partial charge in [0.1, 0.15) is 11.5 Å². The van der Waals surface area contributed by atoms with Crippen molar-refractivity contribution in [2.45, 2.75) is 31.1 Å². The van der Waals surface area contributed by atoms with Crippen molar-refractivity contribution < 1.29 is 23.0 Å². The predicted molar refractivity (Wildman–Crippen MR) is 116 cm³/mol. The number of aromatic nitrogens is 2. The highest BCUT2D eigenvalue weighted by molar-refractivity contribution is 7.89. The van der Waals surface area contributed by atoms with Crippen molar-refractivity contribution in [2.75, 3.05) is 20.8 Å². The maximum atomic E-state index is 13.4. The van der Waals surface area contributed by atoms with Gasteiger partial charge in [-0.3, -0.25) is 4.68 Å². The Labute approximate surface area is 182 Å². The minimum Gasteiger partial charge on any atom is -0.497 e. The van der Waals surface area contributed by atoms with Crippen LogP contribution in [0.15, 0.2) is 65.8 Å². The number of aliphatic hydroxyl groups excluding tert-OH is 1. The molecule has 0 amide bonds. The molecule has 0 saturated heterocycles. The molecule has 1 aromatic heterocycles. The average molecular weight is 446 g/mol. The van der Waals surface area contributed by atoms with Crippen LogP contribution in [0.5, 0.6) is 11.5 Å². The lowest BCUT2D eigenvalue weighted by atomic mass is 10.2. The summed E-state index contributed by atoms with van der Waals surface area (Å²) in [5, 5.41) is 13.2. The van der Waals surface area contributed by atoms with Crippen LogP contribution >= 0.6 is 0 Å². The Morgan fingerprint density at radius 2 is 1.42 bits per heavy atom. The summed E-state index contributed by atoms with van der Waals surface area (Å²) in [5.41, 5.74) is 1.66. The fraction of sp³-hybridized carbons (Fsp3) is 0.318. The molecule has 0 aliphatic rings. The van der Waals surface area contributed by atoms with Crippen LogP contribution in [0, 0.1) is 0 Å². The molecule has 3 aromatic rings. The van der Waals surface area contributed by atoms with E-state index in [1.807, 2.05) is 24.3 Å². The van der Waals surface area contributed by atoms with Crippen LogP contribution in [-0.4, -0.2) is 48.4 Å². The molecule has 0 saturated carbocycles. The summed E-state index contributed by atoms with van der Waals surface area (Å²) in [6, 6.07) is 16.1. The van der Waals surface area contributed by atoms with Gasteiger partial charge in [0, 0.05) is 32.4 Å². The van der Waals surface area contributed by atoms with Crippen molar-refractivity contribution in [2.24, 2.45) is 0 Å². The van der Waals surface area contributed by atoms with Gasteiger partial charge >= 0.3 is 0 Å². The van der Waals surface area contributed by atoms with Crippen LogP contribution in [0.3, 0.4) is 0 Å². The largest absolute Gasteiger partial charge is 0.497 e. The van der Waals surface area contributed by atoms with Crippen LogP contribution in [0.4, 0.5) is 0 Å². The first-order chi connectivity index (χ1) is 15.0. The summed E-state index contributed by atoms with van der Waals surface area (Å²) < 4.78 is 40.2. The van der Waals surface area contributed by atoms with Gasteiger partial charge in [0.25, 0.3) is 10.0 Å². The second kappa shape index (κ2) is 10.4. The minimum absolute atomic E-state index is 0.0169. The van der Waals surface area contributed by atoms with Crippen molar-refractivity contribution >= 4 is 10.0 Å². The van der Waals surface area contributed by atoms with Crippen molar-refractivity contribution in [3.05, 3.63) is 71.9 Å². The van der Waals surface area contributed by atoms with E-state index in [-0.39, 0.29) is 24.7 Å². The normalized spacial score (nSPS) is 11.6. The van der Waals surface area contributed by atoms with Crippen LogP contribution < -0.4 is 9.47 Å². The number of nitrogens with zero attached hydrogens (tertiary/aromatic N) is 3. The Morgan fingerprint density at radius 3 is 1.87 bits per heavy atom. The Morgan fingerprint density at radius 1 is 0.903 bits per heavy atom. The van der Waals surface area contributed by atoms with E-state index in [4.69, 9.17) is 14.6 Å². The highest BCUT2D eigenvalue weighted by Crippen LogP contribution is 2.22. The molecule has 0 spiro atoms. The van der Waals surface area contributed by atoms with E-state index in [1.54, 1.807) is 44.7 Å². The molecule has 0 radical (unpaired) electrons. The van der Waals surface area contributed by atoms with Crippen LogP contribution in [0.2, 0.25) is 0 Å². The first-order valence-corrected chi connectivity index (χ1v) is 11.3. The molecule has 1 N–H and O–H groups in total. The van der Waals surface area contributed by atoms with Gasteiger partial charge in [0.2, 0.25) is 0 Å². The summed E-state index contributed by atoms with van der Waals surface area (Å²) in [6.07, 6.45) is 2.12. The lowest BCUT2D eigenvalue weighted by Crippen LogP contribution is -2.30. The Bertz CT molecular complexity index is 1010. The monoisotopic (exact) mass is 445 g/mol. The first-order valence-electron chi connectivity index (χ1n) is 9.86. The van der Waals surface area contributed by atoms with E-state index in [0.717, 1.165) is 11.1 Å². The SMILES string of the molecule is COc1ccc(CN(Cc2ccc(OC)cc2)S(=O)(=O)c2ccn(CCCO)n2)cc1. The molecule has 3 rings (SSSR count). The molecule has 0 unspecified atom stereocenters. The molecule has 0 aliphatic heterocycles. The van der Waals surface area contributed by atoms with Gasteiger partial charge in [-0.05, 0) is 47.9 Å². The molecular weight excluding hydrogens is 418 g/mol. The fourth-order valence-electron chi connectivity index (χ4n) is 3.07. The van der Waals surface area contributed by atoms with Gasteiger partial charge in [-0.2, -0.15) is 9.40 Å². The number of aryl methyl sites for hydroxylation is 1. The van der Waals surface area contributed by atoms with Crippen molar-refractivity contribution in [3.8, 4) is 11.5 Å². The lowest BCUT2D eigenvalue weighted by molar-refractivity contribution is 0.276. The van der Waals surface area contributed by atoms with Crippen molar-refractivity contribution in [3.63, 3.8) is 0 Å². The third kappa shape index (κ3) is 5.84. The minimum atomic E-state index is -3.86. The van der Waals surface area contributed by atoms with Crippen molar-refractivity contribution in [1.29, 1.82) is 0 Å². The number of benzene rings is 2. The van der Waals surface area contributed by atoms with Gasteiger partial charge in [-0.1, -0.05) is 24.3 Å². The average Bonchev–Trinajstić information content (AvgIpc) is 3.28. The predicted octanol–water partition coefficient (Wildman–Crippen LogP) is 2.67. The van der Waals surface area contributed by atoms with E-state index in [1.165, 1.54) is 15.1 Å². The smallest absolute Gasteiger partial charge is 0.262 e. The third-order valence-electron chi connectivity index (χ3n) is 4.80. The highest BCUT2D eigenvalue weighted by atomic mass is 32.2. The Balaban J connectivity index is 1.89. The topological polar surface area (TPSA) is 93.9 Å². The number of ether oxygens (including phenoxy) is 2. The maximum Gasteiger partial charge on any atom is 0.262 e. The van der Waals surface area contributed by atoms with E-state index < -0.39 is 10.0 Å². The molecule has 1 heterocycles. The summed E-state index contributed by atoms with van der Waals surface area (Å²) >= 11 is 0. The van der Waals surface area contributed by atoms with Gasteiger partial charge < -0.3 is 14.6 Å². The third-order valence-corrected chi connectivity index (χ3v) is 6.49.